The number of anilines is 2. The molecule has 1 saturated carbocycles. The van der Waals surface area contributed by atoms with Gasteiger partial charge in [0, 0.05) is 19.3 Å². The van der Waals surface area contributed by atoms with Gasteiger partial charge < -0.3 is 19.7 Å². The van der Waals surface area contributed by atoms with Crippen LogP contribution in [0, 0.1) is 5.92 Å². The zero-order valence-electron chi connectivity index (χ0n) is 19.4. The normalized spacial score (nSPS) is 20.9. The van der Waals surface area contributed by atoms with Gasteiger partial charge in [0.2, 0.25) is 5.95 Å². The number of nitrogens with one attached hydrogen (secondary N) is 1. The first kappa shape index (κ1) is 21.6. The van der Waals surface area contributed by atoms with E-state index >= 15 is 0 Å². The molecule has 174 valence electrons. The molecule has 33 heavy (non-hydrogen) atoms. The Morgan fingerprint density at radius 3 is 2.88 bits per heavy atom. The molecule has 1 N–H and O–H groups in total. The summed E-state index contributed by atoms with van der Waals surface area (Å²) in [7, 11) is 5.27. The SMILES string of the molecule is COC(=O)[C@H]1CCC[C@H](n2ncc3cnc(Nc4cc5c(cc4OC)CCN(C)C5)nc32)C1. The van der Waals surface area contributed by atoms with Crippen LogP contribution in [0.25, 0.3) is 11.0 Å². The van der Waals surface area contributed by atoms with E-state index in [-0.39, 0.29) is 17.9 Å². The van der Waals surface area contributed by atoms with E-state index in [1.165, 1.54) is 18.2 Å². The molecule has 0 radical (unpaired) electrons. The van der Waals surface area contributed by atoms with Crippen LogP contribution in [0.2, 0.25) is 0 Å². The van der Waals surface area contributed by atoms with Gasteiger partial charge in [-0.15, -0.1) is 0 Å². The fraction of sp³-hybridized carbons (Fsp3) is 0.500. The Morgan fingerprint density at radius 1 is 1.18 bits per heavy atom. The summed E-state index contributed by atoms with van der Waals surface area (Å²) in [5.74, 6) is 1.04. The molecule has 5 rings (SSSR count). The second-order valence-electron chi connectivity index (χ2n) is 9.04. The summed E-state index contributed by atoms with van der Waals surface area (Å²) in [4.78, 5) is 23.7. The van der Waals surface area contributed by atoms with Crippen LogP contribution < -0.4 is 10.1 Å². The minimum Gasteiger partial charge on any atom is -0.495 e. The lowest BCUT2D eigenvalue weighted by Crippen LogP contribution is -2.26. The fourth-order valence-corrected chi connectivity index (χ4v) is 5.04. The first-order valence-corrected chi connectivity index (χ1v) is 11.5. The smallest absolute Gasteiger partial charge is 0.308 e. The molecule has 0 bridgehead atoms. The Hall–Kier alpha value is -3.20. The summed E-state index contributed by atoms with van der Waals surface area (Å²) >= 11 is 0. The van der Waals surface area contributed by atoms with Gasteiger partial charge >= 0.3 is 5.97 Å². The minimum atomic E-state index is -0.140. The summed E-state index contributed by atoms with van der Waals surface area (Å²) in [6.07, 6.45) is 8.08. The number of carbonyl (C=O) groups excluding carboxylic acids is 1. The van der Waals surface area contributed by atoms with Gasteiger partial charge in [-0.25, -0.2) is 9.67 Å². The van der Waals surface area contributed by atoms with Crippen molar-refractivity contribution in [3.63, 3.8) is 0 Å². The zero-order valence-corrected chi connectivity index (χ0v) is 19.4. The number of benzene rings is 1. The zero-order chi connectivity index (χ0) is 22.9. The predicted molar refractivity (Wildman–Crippen MR) is 125 cm³/mol. The van der Waals surface area contributed by atoms with Gasteiger partial charge in [0.15, 0.2) is 5.65 Å². The van der Waals surface area contributed by atoms with E-state index in [4.69, 9.17) is 14.5 Å². The van der Waals surface area contributed by atoms with E-state index in [1.54, 1.807) is 19.5 Å². The molecule has 2 aromatic heterocycles. The van der Waals surface area contributed by atoms with Gasteiger partial charge in [0.1, 0.15) is 5.75 Å². The van der Waals surface area contributed by atoms with Crippen LogP contribution in [0.1, 0.15) is 42.9 Å². The summed E-state index contributed by atoms with van der Waals surface area (Å²) in [5, 5.41) is 8.82. The first-order chi connectivity index (χ1) is 16.1. The van der Waals surface area contributed by atoms with Gasteiger partial charge in [-0.3, -0.25) is 4.79 Å². The molecule has 1 aliphatic carbocycles. The summed E-state index contributed by atoms with van der Waals surface area (Å²) in [5.41, 5.74) is 4.22. The molecule has 3 heterocycles. The van der Waals surface area contributed by atoms with E-state index < -0.39 is 0 Å². The van der Waals surface area contributed by atoms with Crippen LogP contribution in [0.15, 0.2) is 24.5 Å². The molecule has 1 aliphatic heterocycles. The third-order valence-electron chi connectivity index (χ3n) is 6.83. The van der Waals surface area contributed by atoms with Crippen molar-refractivity contribution in [1.29, 1.82) is 0 Å². The molecule has 1 aromatic carbocycles. The third kappa shape index (κ3) is 4.25. The highest BCUT2D eigenvalue weighted by atomic mass is 16.5. The number of carbonyl (C=O) groups is 1. The number of ether oxygens (including phenoxy) is 2. The largest absolute Gasteiger partial charge is 0.495 e. The third-order valence-corrected chi connectivity index (χ3v) is 6.83. The quantitative estimate of drug-likeness (QED) is 0.591. The van der Waals surface area contributed by atoms with Gasteiger partial charge in [-0.1, -0.05) is 6.42 Å². The number of hydrogen-bond acceptors (Lipinski definition) is 8. The molecule has 2 aliphatic rings. The highest BCUT2D eigenvalue weighted by molar-refractivity contribution is 5.76. The minimum absolute atomic E-state index is 0.0923. The van der Waals surface area contributed by atoms with Gasteiger partial charge in [-0.2, -0.15) is 10.1 Å². The van der Waals surface area contributed by atoms with Crippen LogP contribution in [-0.2, 0) is 22.5 Å². The Kier molecular flexibility index (Phi) is 5.88. The van der Waals surface area contributed by atoms with Crippen LogP contribution in [-0.4, -0.2) is 58.4 Å². The monoisotopic (exact) mass is 450 g/mol. The molecule has 0 amide bonds. The van der Waals surface area contributed by atoms with E-state index in [9.17, 15) is 4.79 Å². The van der Waals surface area contributed by atoms with E-state index in [0.717, 1.165) is 61.2 Å². The van der Waals surface area contributed by atoms with E-state index in [1.807, 2.05) is 4.68 Å². The molecule has 9 heteroatoms. The molecular weight excluding hydrogens is 420 g/mol. The van der Waals surface area contributed by atoms with Crippen LogP contribution in [0.4, 0.5) is 11.6 Å². The van der Waals surface area contributed by atoms with Crippen LogP contribution in [0.5, 0.6) is 5.75 Å². The number of methoxy groups -OCH3 is 2. The van der Waals surface area contributed by atoms with E-state index in [2.05, 4.69) is 39.5 Å². The fourth-order valence-electron chi connectivity index (χ4n) is 5.04. The number of rotatable bonds is 5. The predicted octanol–water partition coefficient (Wildman–Crippen LogP) is 3.47. The van der Waals surface area contributed by atoms with Crippen molar-refractivity contribution in [2.75, 3.05) is 33.1 Å². The van der Waals surface area contributed by atoms with Crippen LogP contribution >= 0.6 is 0 Å². The number of fused-ring (bicyclic) bond motifs is 2. The number of likely N-dealkylation sites (N-methyl/N-ethyl adjacent to an activating group) is 1. The van der Waals surface area contributed by atoms with Crippen molar-refractivity contribution in [2.45, 2.75) is 44.7 Å². The number of hydrogen-bond donors (Lipinski definition) is 1. The Labute approximate surface area is 193 Å². The molecule has 0 unspecified atom stereocenters. The summed E-state index contributed by atoms with van der Waals surface area (Å²) in [6.45, 7) is 1.95. The second kappa shape index (κ2) is 8.97. The Morgan fingerprint density at radius 2 is 2.06 bits per heavy atom. The van der Waals surface area contributed by atoms with Gasteiger partial charge in [0.05, 0.1) is 43.4 Å². The first-order valence-electron chi connectivity index (χ1n) is 11.5. The number of aromatic nitrogens is 4. The summed E-state index contributed by atoms with van der Waals surface area (Å²) < 4.78 is 12.6. The van der Waals surface area contributed by atoms with Crippen molar-refractivity contribution >= 4 is 28.6 Å². The van der Waals surface area contributed by atoms with Gasteiger partial charge in [-0.05, 0) is 56.0 Å². The Balaban J connectivity index is 1.44. The topological polar surface area (TPSA) is 94.4 Å². The maximum atomic E-state index is 12.1. The standard InChI is InChI=1S/C24H30N6O3/c1-29-8-7-15-11-21(32-2)20(10-17(15)14-29)27-24-25-12-18-13-26-30(22(18)28-24)19-6-4-5-16(9-19)23(31)33-3/h10-13,16,19H,4-9,14H2,1-3H3,(H,25,27,28)/t16-,19-/m0/s1. The van der Waals surface area contributed by atoms with Crippen molar-refractivity contribution in [3.05, 3.63) is 35.7 Å². The molecular formula is C24H30N6O3. The number of esters is 1. The maximum absolute atomic E-state index is 12.1. The van der Waals surface area contributed by atoms with Crippen molar-refractivity contribution in [3.8, 4) is 5.75 Å². The second-order valence-corrected chi connectivity index (χ2v) is 9.04. The molecule has 0 spiro atoms. The maximum Gasteiger partial charge on any atom is 0.308 e. The van der Waals surface area contributed by atoms with E-state index in [0.29, 0.717) is 12.4 Å². The van der Waals surface area contributed by atoms with Crippen molar-refractivity contribution < 1.29 is 14.3 Å². The lowest BCUT2D eigenvalue weighted by atomic mass is 9.86. The molecule has 9 nitrogen and oxygen atoms in total. The summed E-state index contributed by atoms with van der Waals surface area (Å²) in [6, 6.07) is 4.36. The molecule has 2 atom stereocenters. The highest BCUT2D eigenvalue weighted by Crippen LogP contribution is 2.35. The van der Waals surface area contributed by atoms with Crippen molar-refractivity contribution in [2.24, 2.45) is 5.92 Å². The average molecular weight is 451 g/mol. The molecule has 3 aromatic rings. The lowest BCUT2D eigenvalue weighted by Gasteiger charge is -2.28. The van der Waals surface area contributed by atoms with Crippen molar-refractivity contribution in [1.82, 2.24) is 24.6 Å². The molecule has 1 fully saturated rings. The highest BCUT2D eigenvalue weighted by Gasteiger charge is 2.30. The van der Waals surface area contributed by atoms with Crippen LogP contribution in [0.3, 0.4) is 0 Å². The Bertz CT molecular complexity index is 1180. The van der Waals surface area contributed by atoms with Gasteiger partial charge in [0.25, 0.3) is 0 Å². The lowest BCUT2D eigenvalue weighted by molar-refractivity contribution is -0.147. The molecule has 0 saturated heterocycles. The average Bonchev–Trinajstić information content (AvgIpc) is 3.26. The number of nitrogens with zero attached hydrogens (tertiary/aromatic N) is 5.